The molecule has 0 aliphatic heterocycles. The minimum Gasteiger partial charge on any atom is -0.457 e. The summed E-state index contributed by atoms with van der Waals surface area (Å²) in [5.74, 6) is -0.341. The van der Waals surface area contributed by atoms with Crippen LogP contribution in [0.5, 0.6) is 0 Å². The molecule has 0 saturated heterocycles. The Balaban J connectivity index is 2.02. The van der Waals surface area contributed by atoms with Gasteiger partial charge in [-0.25, -0.2) is 4.79 Å². The molecule has 3 nitrogen and oxygen atoms in total. The zero-order valence-corrected chi connectivity index (χ0v) is 12.9. The Bertz CT molecular complexity index is 608. The fourth-order valence-corrected chi connectivity index (χ4v) is 2.13. The Kier molecular flexibility index (Phi) is 5.37. The van der Waals surface area contributed by atoms with Crippen LogP contribution in [0.3, 0.4) is 0 Å². The molecule has 0 aliphatic carbocycles. The molecule has 0 amide bonds. The summed E-state index contributed by atoms with van der Waals surface area (Å²) in [7, 11) is 4.02. The van der Waals surface area contributed by atoms with Crippen LogP contribution in [0.15, 0.2) is 48.5 Å². The zero-order chi connectivity index (χ0) is 15.2. The minimum atomic E-state index is -0.341. The second-order valence-corrected chi connectivity index (χ2v) is 5.53. The van der Waals surface area contributed by atoms with Crippen LogP contribution in [-0.2, 0) is 17.9 Å². The van der Waals surface area contributed by atoms with E-state index in [0.29, 0.717) is 10.6 Å². The highest BCUT2D eigenvalue weighted by Crippen LogP contribution is 2.14. The molecule has 0 saturated carbocycles. The maximum Gasteiger partial charge on any atom is 0.338 e. The van der Waals surface area contributed by atoms with Gasteiger partial charge >= 0.3 is 5.97 Å². The van der Waals surface area contributed by atoms with Gasteiger partial charge in [-0.05, 0) is 49.5 Å². The van der Waals surface area contributed by atoms with E-state index in [0.717, 1.165) is 17.7 Å². The third-order valence-electron chi connectivity index (χ3n) is 3.04. The monoisotopic (exact) mass is 303 g/mol. The lowest BCUT2D eigenvalue weighted by molar-refractivity contribution is 0.0471. The molecular formula is C17H18ClNO2. The third kappa shape index (κ3) is 4.59. The lowest BCUT2D eigenvalue weighted by Gasteiger charge is -2.14. The lowest BCUT2D eigenvalue weighted by Crippen LogP contribution is -2.13. The quantitative estimate of drug-likeness (QED) is 0.788. The molecule has 0 heterocycles. The summed E-state index contributed by atoms with van der Waals surface area (Å²) in [5.41, 5.74) is 2.68. The number of ether oxygens (including phenoxy) is 1. The predicted octanol–water partition coefficient (Wildman–Crippen LogP) is 3.76. The van der Waals surface area contributed by atoms with E-state index in [1.165, 1.54) is 0 Å². The smallest absolute Gasteiger partial charge is 0.338 e. The van der Waals surface area contributed by atoms with Crippen LogP contribution in [0.2, 0.25) is 5.02 Å². The van der Waals surface area contributed by atoms with Crippen LogP contribution < -0.4 is 0 Å². The van der Waals surface area contributed by atoms with Gasteiger partial charge in [0.2, 0.25) is 0 Å². The van der Waals surface area contributed by atoms with Crippen molar-refractivity contribution in [2.24, 2.45) is 0 Å². The first kappa shape index (κ1) is 15.5. The van der Waals surface area contributed by atoms with Gasteiger partial charge < -0.3 is 9.64 Å². The van der Waals surface area contributed by atoms with Crippen LogP contribution in [0.1, 0.15) is 21.5 Å². The average molecular weight is 304 g/mol. The van der Waals surface area contributed by atoms with Crippen molar-refractivity contribution in [2.75, 3.05) is 14.1 Å². The Labute approximate surface area is 130 Å². The Morgan fingerprint density at radius 1 is 1.05 bits per heavy atom. The zero-order valence-electron chi connectivity index (χ0n) is 12.2. The number of hydrogen-bond donors (Lipinski definition) is 0. The van der Waals surface area contributed by atoms with E-state index in [1.807, 2.05) is 38.4 Å². The van der Waals surface area contributed by atoms with Gasteiger partial charge in [0.15, 0.2) is 0 Å². The maximum atomic E-state index is 12.0. The Morgan fingerprint density at radius 2 is 1.67 bits per heavy atom. The number of nitrogens with zero attached hydrogens (tertiary/aromatic N) is 1. The van der Waals surface area contributed by atoms with E-state index >= 15 is 0 Å². The molecule has 0 atom stereocenters. The van der Waals surface area contributed by atoms with Crippen LogP contribution in [-0.4, -0.2) is 25.0 Å². The van der Waals surface area contributed by atoms with Gasteiger partial charge in [-0.15, -0.1) is 0 Å². The van der Waals surface area contributed by atoms with Crippen molar-refractivity contribution in [3.05, 3.63) is 70.2 Å². The highest BCUT2D eigenvalue weighted by Gasteiger charge is 2.09. The normalized spacial score (nSPS) is 10.7. The van der Waals surface area contributed by atoms with E-state index < -0.39 is 0 Å². The average Bonchev–Trinajstić information content (AvgIpc) is 2.46. The minimum absolute atomic E-state index is 0.269. The SMILES string of the molecule is CN(C)Cc1ccccc1COC(=O)c1ccc(Cl)cc1. The first-order chi connectivity index (χ1) is 10.1. The molecule has 2 aromatic rings. The summed E-state index contributed by atoms with van der Waals surface area (Å²) in [6.07, 6.45) is 0. The molecule has 0 radical (unpaired) electrons. The van der Waals surface area contributed by atoms with E-state index in [9.17, 15) is 4.79 Å². The van der Waals surface area contributed by atoms with Crippen molar-refractivity contribution in [3.63, 3.8) is 0 Å². The third-order valence-corrected chi connectivity index (χ3v) is 3.30. The highest BCUT2D eigenvalue weighted by molar-refractivity contribution is 6.30. The molecule has 0 aliphatic rings. The molecule has 0 N–H and O–H groups in total. The summed E-state index contributed by atoms with van der Waals surface area (Å²) in [6, 6.07) is 14.6. The van der Waals surface area contributed by atoms with Gasteiger partial charge in [0.25, 0.3) is 0 Å². The molecule has 0 unspecified atom stereocenters. The number of carbonyl (C=O) groups is 1. The summed E-state index contributed by atoms with van der Waals surface area (Å²) < 4.78 is 5.38. The lowest BCUT2D eigenvalue weighted by atomic mass is 10.1. The summed E-state index contributed by atoms with van der Waals surface area (Å²) in [6.45, 7) is 1.08. The largest absolute Gasteiger partial charge is 0.457 e. The second-order valence-electron chi connectivity index (χ2n) is 5.09. The maximum absolute atomic E-state index is 12.0. The summed E-state index contributed by atoms with van der Waals surface area (Å²) in [4.78, 5) is 14.1. The fraction of sp³-hybridized carbons (Fsp3) is 0.235. The van der Waals surface area contributed by atoms with E-state index in [2.05, 4.69) is 4.90 Å². The molecule has 2 rings (SSSR count). The van der Waals surface area contributed by atoms with Gasteiger partial charge in [0.1, 0.15) is 6.61 Å². The standard InChI is InChI=1S/C17H18ClNO2/c1-19(2)11-14-5-3-4-6-15(14)12-21-17(20)13-7-9-16(18)10-8-13/h3-10H,11-12H2,1-2H3. The van der Waals surface area contributed by atoms with Crippen molar-refractivity contribution < 1.29 is 9.53 Å². The van der Waals surface area contributed by atoms with Crippen molar-refractivity contribution in [3.8, 4) is 0 Å². The van der Waals surface area contributed by atoms with Gasteiger partial charge in [-0.1, -0.05) is 35.9 Å². The molecular weight excluding hydrogens is 286 g/mol. The number of hydrogen-bond acceptors (Lipinski definition) is 3. The van der Waals surface area contributed by atoms with Gasteiger partial charge in [-0.2, -0.15) is 0 Å². The van der Waals surface area contributed by atoms with E-state index in [1.54, 1.807) is 24.3 Å². The molecule has 0 bridgehead atoms. The number of esters is 1. The van der Waals surface area contributed by atoms with E-state index in [4.69, 9.17) is 16.3 Å². The number of carbonyl (C=O) groups excluding carboxylic acids is 1. The Morgan fingerprint density at radius 3 is 2.29 bits per heavy atom. The summed E-state index contributed by atoms with van der Waals surface area (Å²) >= 11 is 5.80. The second kappa shape index (κ2) is 7.25. The fourth-order valence-electron chi connectivity index (χ4n) is 2.01. The highest BCUT2D eigenvalue weighted by atomic mass is 35.5. The number of benzene rings is 2. The molecule has 110 valence electrons. The molecule has 0 aromatic heterocycles. The molecule has 2 aromatic carbocycles. The molecule has 21 heavy (non-hydrogen) atoms. The van der Waals surface area contributed by atoms with Crippen molar-refractivity contribution >= 4 is 17.6 Å². The molecule has 0 spiro atoms. The van der Waals surface area contributed by atoms with Gasteiger partial charge in [0, 0.05) is 11.6 Å². The van der Waals surface area contributed by atoms with Gasteiger partial charge in [-0.3, -0.25) is 0 Å². The number of rotatable bonds is 5. The topological polar surface area (TPSA) is 29.5 Å². The van der Waals surface area contributed by atoms with Crippen molar-refractivity contribution in [1.82, 2.24) is 4.90 Å². The Hall–Kier alpha value is -1.84. The van der Waals surface area contributed by atoms with E-state index in [-0.39, 0.29) is 12.6 Å². The van der Waals surface area contributed by atoms with Crippen LogP contribution in [0.4, 0.5) is 0 Å². The number of halogens is 1. The molecule has 0 fully saturated rings. The molecule has 4 heteroatoms. The van der Waals surface area contributed by atoms with Crippen LogP contribution in [0, 0.1) is 0 Å². The van der Waals surface area contributed by atoms with Crippen molar-refractivity contribution in [2.45, 2.75) is 13.2 Å². The summed E-state index contributed by atoms with van der Waals surface area (Å²) in [5, 5.41) is 0.600. The van der Waals surface area contributed by atoms with Gasteiger partial charge in [0.05, 0.1) is 5.56 Å². The first-order valence-corrected chi connectivity index (χ1v) is 7.08. The van der Waals surface area contributed by atoms with Crippen molar-refractivity contribution in [1.29, 1.82) is 0 Å². The predicted molar refractivity (Wildman–Crippen MR) is 84.4 cm³/mol. The van der Waals surface area contributed by atoms with Crippen LogP contribution in [0.25, 0.3) is 0 Å². The first-order valence-electron chi connectivity index (χ1n) is 6.70. The van der Waals surface area contributed by atoms with Crippen LogP contribution >= 0.6 is 11.6 Å².